The number of hydrogen-bond donors (Lipinski definition) is 3. The highest BCUT2D eigenvalue weighted by molar-refractivity contribution is 7.80. The standard InChI is InChI=1S/C10H14N4OS.ClH/c1-3-12-10(16)8-4-7(15)6-14(2)9(8)5-13-11;/h4-6,11H,3H2,1-2H3,(H2,12,15,16);1H. The highest BCUT2D eigenvalue weighted by Crippen LogP contribution is 2.11. The fraction of sp³-hybridized carbons (Fsp3) is 0.300. The molecule has 4 N–H and O–H groups in total. The van der Waals surface area contributed by atoms with Crippen molar-refractivity contribution in [3.05, 3.63) is 23.5 Å². The van der Waals surface area contributed by atoms with E-state index in [0.717, 1.165) is 12.2 Å². The highest BCUT2D eigenvalue weighted by atomic mass is 35.5. The van der Waals surface area contributed by atoms with Crippen LogP contribution in [0.25, 0.3) is 0 Å². The van der Waals surface area contributed by atoms with Gasteiger partial charge in [-0.3, -0.25) is 0 Å². The lowest BCUT2D eigenvalue weighted by Gasteiger charge is -2.07. The van der Waals surface area contributed by atoms with Gasteiger partial charge in [-0.05, 0) is 6.92 Å². The number of nitrogens with one attached hydrogen (secondary N) is 1. The quantitative estimate of drug-likeness (QED) is 0.178. The van der Waals surface area contributed by atoms with Gasteiger partial charge in [-0.15, -0.1) is 0 Å². The predicted molar refractivity (Wildman–Crippen MR) is 66.4 cm³/mol. The summed E-state index contributed by atoms with van der Waals surface area (Å²) >= 11 is 5.20. The van der Waals surface area contributed by atoms with Crippen LogP contribution in [-0.2, 0) is 7.05 Å². The Bertz CT molecular complexity index is 437. The fourth-order valence-electron chi connectivity index (χ4n) is 1.39. The van der Waals surface area contributed by atoms with E-state index in [1.165, 1.54) is 6.21 Å². The topological polar surface area (TPSA) is 74.5 Å². The first-order valence-corrected chi connectivity index (χ1v) is 5.25. The molecule has 1 rings (SSSR count). The molecule has 0 unspecified atom stereocenters. The summed E-state index contributed by atoms with van der Waals surface area (Å²) in [5, 5.41) is 16.0. The molecule has 0 aromatic carbocycles. The Balaban J connectivity index is 0.00000256. The molecule has 1 aromatic heterocycles. The monoisotopic (exact) mass is 274 g/mol. The number of hydrazone groups is 1. The lowest BCUT2D eigenvalue weighted by molar-refractivity contribution is -0.672. The maximum Gasteiger partial charge on any atom is 0.235 e. The molecule has 0 aliphatic rings. The third-order valence-corrected chi connectivity index (χ3v) is 2.42. The molecule has 0 radical (unpaired) electrons. The van der Waals surface area contributed by atoms with E-state index < -0.39 is 0 Å². The number of nitrogens with zero attached hydrogens (tertiary/aromatic N) is 2. The Kier molecular flexibility index (Phi) is 6.45. The average molecular weight is 275 g/mol. The number of nitrogens with two attached hydrogens (primary N) is 1. The normalized spacial score (nSPS) is 10.0. The van der Waals surface area contributed by atoms with Crippen LogP contribution in [0.15, 0.2) is 17.4 Å². The van der Waals surface area contributed by atoms with E-state index in [1.54, 1.807) is 23.9 Å². The zero-order valence-electron chi connectivity index (χ0n) is 9.64. The molecule has 0 bridgehead atoms. The number of thiocarbonyl (C=S) groups is 1. The smallest absolute Gasteiger partial charge is 0.235 e. The lowest BCUT2D eigenvalue weighted by Crippen LogP contribution is -3.00. The first-order valence-electron chi connectivity index (χ1n) is 4.84. The van der Waals surface area contributed by atoms with Crippen LogP contribution in [0.2, 0.25) is 0 Å². The van der Waals surface area contributed by atoms with Gasteiger partial charge in [-0.1, -0.05) is 12.2 Å². The molecule has 0 saturated carbocycles. The number of halogens is 1. The summed E-state index contributed by atoms with van der Waals surface area (Å²) in [6.07, 6.45) is 3.06. The molecule has 0 amide bonds. The Hall–Kier alpha value is -1.40. The molecule has 0 fully saturated rings. The van der Waals surface area contributed by atoms with Crippen molar-refractivity contribution in [3.8, 4) is 5.75 Å². The van der Waals surface area contributed by atoms with Crippen LogP contribution in [0.4, 0.5) is 0 Å². The zero-order chi connectivity index (χ0) is 12.1. The molecule has 0 atom stereocenters. The van der Waals surface area contributed by atoms with Gasteiger partial charge in [0.1, 0.15) is 18.3 Å². The Morgan fingerprint density at radius 1 is 1.71 bits per heavy atom. The molecule has 0 spiro atoms. The SMILES string of the molecule is CCNC(=S)c1cc(O)c[n+](C)c1C=NN.[Cl-]. The zero-order valence-corrected chi connectivity index (χ0v) is 11.2. The van der Waals surface area contributed by atoms with E-state index in [2.05, 4.69) is 10.4 Å². The van der Waals surface area contributed by atoms with E-state index in [1.807, 2.05) is 6.92 Å². The minimum absolute atomic E-state index is 0. The molecular weight excluding hydrogens is 260 g/mol. The predicted octanol–water partition coefficient (Wildman–Crippen LogP) is -3.20. The summed E-state index contributed by atoms with van der Waals surface area (Å²) in [5.74, 6) is 5.29. The second-order valence-electron chi connectivity index (χ2n) is 3.25. The van der Waals surface area contributed by atoms with E-state index >= 15 is 0 Å². The van der Waals surface area contributed by atoms with E-state index in [-0.39, 0.29) is 18.2 Å². The summed E-state index contributed by atoms with van der Waals surface area (Å²) in [6, 6.07) is 1.59. The molecule has 1 heterocycles. The van der Waals surface area contributed by atoms with Crippen LogP contribution < -0.4 is 28.1 Å². The van der Waals surface area contributed by atoms with Crippen LogP contribution in [0.3, 0.4) is 0 Å². The van der Waals surface area contributed by atoms with Crippen molar-refractivity contribution in [2.45, 2.75) is 6.92 Å². The number of aryl methyl sites for hydroxylation is 1. The maximum atomic E-state index is 9.52. The van der Waals surface area contributed by atoms with Crippen molar-refractivity contribution < 1.29 is 22.1 Å². The first kappa shape index (κ1) is 15.6. The second kappa shape index (κ2) is 7.03. The third-order valence-electron chi connectivity index (χ3n) is 2.05. The molecule has 17 heavy (non-hydrogen) atoms. The Morgan fingerprint density at radius 3 is 2.88 bits per heavy atom. The highest BCUT2D eigenvalue weighted by Gasteiger charge is 2.17. The lowest BCUT2D eigenvalue weighted by atomic mass is 10.2. The molecular formula is C10H15ClN4OS. The van der Waals surface area contributed by atoms with Crippen molar-refractivity contribution in [1.29, 1.82) is 0 Å². The summed E-state index contributed by atoms with van der Waals surface area (Å²) in [5.41, 5.74) is 1.44. The number of aromatic hydroxyl groups is 1. The van der Waals surface area contributed by atoms with Crippen molar-refractivity contribution in [3.63, 3.8) is 0 Å². The average Bonchev–Trinajstić information content (AvgIpc) is 2.22. The molecule has 5 nitrogen and oxygen atoms in total. The van der Waals surface area contributed by atoms with Crippen LogP contribution >= 0.6 is 12.2 Å². The van der Waals surface area contributed by atoms with E-state index in [4.69, 9.17) is 18.1 Å². The van der Waals surface area contributed by atoms with Gasteiger partial charge < -0.3 is 28.7 Å². The maximum absolute atomic E-state index is 9.52. The van der Waals surface area contributed by atoms with Crippen LogP contribution in [0.5, 0.6) is 5.75 Å². The van der Waals surface area contributed by atoms with Crippen LogP contribution in [0, 0.1) is 0 Å². The second-order valence-corrected chi connectivity index (χ2v) is 3.65. The Labute approximate surface area is 112 Å². The van der Waals surface area contributed by atoms with Gasteiger partial charge in [0, 0.05) is 12.6 Å². The summed E-state index contributed by atoms with van der Waals surface area (Å²) in [4.78, 5) is 0.559. The molecule has 1 aromatic rings. The minimum atomic E-state index is 0. The van der Waals surface area contributed by atoms with Gasteiger partial charge in [0.15, 0.2) is 5.75 Å². The van der Waals surface area contributed by atoms with Gasteiger partial charge in [-0.2, -0.15) is 9.67 Å². The Morgan fingerprint density at radius 2 is 2.35 bits per heavy atom. The van der Waals surface area contributed by atoms with Crippen molar-refractivity contribution in [1.82, 2.24) is 5.32 Å². The van der Waals surface area contributed by atoms with Gasteiger partial charge in [0.2, 0.25) is 11.9 Å². The van der Waals surface area contributed by atoms with Gasteiger partial charge >= 0.3 is 0 Å². The first-order chi connectivity index (χ1) is 7.60. The minimum Gasteiger partial charge on any atom is -1.00 e. The van der Waals surface area contributed by atoms with Crippen molar-refractivity contribution in [2.24, 2.45) is 18.0 Å². The van der Waals surface area contributed by atoms with Crippen LogP contribution in [0.1, 0.15) is 18.2 Å². The number of hydrogen-bond acceptors (Lipinski definition) is 4. The van der Waals surface area contributed by atoms with Crippen molar-refractivity contribution >= 4 is 23.4 Å². The number of rotatable bonds is 3. The van der Waals surface area contributed by atoms with Crippen molar-refractivity contribution in [2.75, 3.05) is 6.54 Å². The van der Waals surface area contributed by atoms with Gasteiger partial charge in [0.05, 0.1) is 5.56 Å². The molecule has 0 aliphatic heterocycles. The summed E-state index contributed by atoms with van der Waals surface area (Å²) in [6.45, 7) is 2.67. The molecule has 0 aliphatic carbocycles. The largest absolute Gasteiger partial charge is 1.00 e. The van der Waals surface area contributed by atoms with Gasteiger partial charge in [0.25, 0.3) is 0 Å². The summed E-state index contributed by atoms with van der Waals surface area (Å²) < 4.78 is 1.71. The van der Waals surface area contributed by atoms with Crippen LogP contribution in [-0.4, -0.2) is 22.9 Å². The van der Waals surface area contributed by atoms with Gasteiger partial charge in [-0.25, -0.2) is 0 Å². The molecule has 7 heteroatoms. The van der Waals surface area contributed by atoms with E-state index in [9.17, 15) is 5.11 Å². The molecule has 0 saturated heterocycles. The fourth-order valence-corrected chi connectivity index (χ4v) is 1.69. The van der Waals surface area contributed by atoms with E-state index in [0.29, 0.717) is 10.6 Å². The third kappa shape index (κ3) is 3.83. The summed E-state index contributed by atoms with van der Waals surface area (Å²) in [7, 11) is 1.79. The number of pyridine rings is 1. The number of aromatic nitrogens is 1. The molecule has 94 valence electrons.